The van der Waals surface area contributed by atoms with Crippen molar-refractivity contribution in [2.24, 2.45) is 5.73 Å². The Morgan fingerprint density at radius 1 is 1.44 bits per heavy atom. The average Bonchev–Trinajstić information content (AvgIpc) is 2.67. The molecule has 2 rings (SSSR count). The molecule has 1 aromatic heterocycles. The Morgan fingerprint density at radius 3 is 2.67 bits per heavy atom. The zero-order valence-corrected chi connectivity index (χ0v) is 9.71. The maximum Gasteiger partial charge on any atom is 0.317 e. The van der Waals surface area contributed by atoms with Crippen molar-refractivity contribution in [1.82, 2.24) is 9.78 Å². The molecule has 0 unspecified atom stereocenters. The highest BCUT2D eigenvalue weighted by molar-refractivity contribution is 5.88. The van der Waals surface area contributed by atoms with E-state index in [2.05, 4.69) is 10.4 Å². The van der Waals surface area contributed by atoms with Crippen LogP contribution in [0, 0.1) is 18.3 Å². The molecule has 6 nitrogen and oxygen atoms in total. The number of rotatable bonds is 2. The van der Waals surface area contributed by atoms with Crippen molar-refractivity contribution in [2.45, 2.75) is 6.92 Å². The standard InChI is InChI=1S/C12H11N5O/c1-8-10(7-13)16-17(11(8)15-12(14)18)9-5-3-2-4-6-9/h2-6H,1H3,(H3,14,15,18). The van der Waals surface area contributed by atoms with Gasteiger partial charge in [0.05, 0.1) is 5.69 Å². The van der Waals surface area contributed by atoms with Crippen LogP contribution in [0.15, 0.2) is 30.3 Å². The minimum Gasteiger partial charge on any atom is -0.351 e. The molecule has 18 heavy (non-hydrogen) atoms. The van der Waals surface area contributed by atoms with Gasteiger partial charge in [0.2, 0.25) is 0 Å². The fourth-order valence-corrected chi connectivity index (χ4v) is 1.62. The summed E-state index contributed by atoms with van der Waals surface area (Å²) in [5.74, 6) is 0.408. The van der Waals surface area contributed by atoms with Crippen molar-refractivity contribution in [1.29, 1.82) is 5.26 Å². The van der Waals surface area contributed by atoms with Crippen LogP contribution in [-0.2, 0) is 0 Å². The van der Waals surface area contributed by atoms with Crippen LogP contribution in [0.3, 0.4) is 0 Å². The fourth-order valence-electron chi connectivity index (χ4n) is 1.62. The number of hydrogen-bond donors (Lipinski definition) is 2. The molecule has 0 aliphatic heterocycles. The van der Waals surface area contributed by atoms with E-state index in [9.17, 15) is 4.79 Å². The molecule has 6 heteroatoms. The number of hydrogen-bond acceptors (Lipinski definition) is 3. The van der Waals surface area contributed by atoms with E-state index in [1.54, 1.807) is 6.92 Å². The number of benzene rings is 1. The van der Waals surface area contributed by atoms with E-state index in [4.69, 9.17) is 11.0 Å². The van der Waals surface area contributed by atoms with Crippen LogP contribution in [0.2, 0.25) is 0 Å². The van der Waals surface area contributed by atoms with Crippen molar-refractivity contribution >= 4 is 11.8 Å². The first-order valence-electron chi connectivity index (χ1n) is 5.25. The predicted octanol–water partition coefficient (Wildman–Crippen LogP) is 1.54. The number of nitrogens with one attached hydrogen (secondary N) is 1. The number of aromatic nitrogens is 2. The fraction of sp³-hybridized carbons (Fsp3) is 0.0833. The second-order valence-corrected chi connectivity index (χ2v) is 3.67. The Morgan fingerprint density at radius 2 is 2.11 bits per heavy atom. The molecule has 0 aliphatic carbocycles. The van der Waals surface area contributed by atoms with Crippen LogP contribution in [0.5, 0.6) is 0 Å². The summed E-state index contributed by atoms with van der Waals surface area (Å²) in [6.07, 6.45) is 0. The molecule has 0 saturated heterocycles. The normalized spacial score (nSPS) is 9.78. The van der Waals surface area contributed by atoms with Crippen molar-refractivity contribution in [3.63, 3.8) is 0 Å². The van der Waals surface area contributed by atoms with E-state index < -0.39 is 6.03 Å². The van der Waals surface area contributed by atoms with E-state index in [0.717, 1.165) is 5.69 Å². The molecule has 0 radical (unpaired) electrons. The van der Waals surface area contributed by atoms with Crippen molar-refractivity contribution in [2.75, 3.05) is 5.32 Å². The van der Waals surface area contributed by atoms with Gasteiger partial charge in [-0.3, -0.25) is 5.32 Å². The largest absolute Gasteiger partial charge is 0.351 e. The van der Waals surface area contributed by atoms with Crippen LogP contribution in [-0.4, -0.2) is 15.8 Å². The summed E-state index contributed by atoms with van der Waals surface area (Å²) in [6.45, 7) is 1.70. The maximum atomic E-state index is 11.0. The van der Waals surface area contributed by atoms with Gasteiger partial charge in [0, 0.05) is 5.56 Å². The molecule has 0 bridgehead atoms. The van der Waals surface area contributed by atoms with Crippen LogP contribution >= 0.6 is 0 Å². The lowest BCUT2D eigenvalue weighted by Gasteiger charge is -2.07. The van der Waals surface area contributed by atoms with Gasteiger partial charge >= 0.3 is 6.03 Å². The van der Waals surface area contributed by atoms with Crippen molar-refractivity contribution in [3.05, 3.63) is 41.6 Å². The van der Waals surface area contributed by atoms with Crippen molar-refractivity contribution < 1.29 is 4.79 Å². The molecule has 0 aliphatic rings. The topological polar surface area (TPSA) is 96.7 Å². The number of nitrogens with zero attached hydrogens (tertiary/aromatic N) is 3. The van der Waals surface area contributed by atoms with E-state index in [1.165, 1.54) is 4.68 Å². The molecule has 0 saturated carbocycles. The first kappa shape index (κ1) is 11.7. The van der Waals surface area contributed by atoms with Crippen LogP contribution in [0.1, 0.15) is 11.3 Å². The third-order valence-electron chi connectivity index (χ3n) is 2.47. The molecule has 2 amide bonds. The number of para-hydroxylation sites is 1. The summed E-state index contributed by atoms with van der Waals surface area (Å²) in [4.78, 5) is 11.0. The highest BCUT2D eigenvalue weighted by Gasteiger charge is 2.16. The molecule has 1 aromatic carbocycles. The molecule has 0 atom stereocenters. The Labute approximate surface area is 104 Å². The van der Waals surface area contributed by atoms with Gasteiger partial charge in [0.15, 0.2) is 5.69 Å². The van der Waals surface area contributed by atoms with Crippen LogP contribution in [0.25, 0.3) is 5.69 Å². The summed E-state index contributed by atoms with van der Waals surface area (Å²) in [6, 6.07) is 10.5. The number of amides is 2. The van der Waals surface area contributed by atoms with Gasteiger partial charge in [-0.15, -0.1) is 0 Å². The van der Waals surface area contributed by atoms with E-state index in [0.29, 0.717) is 11.4 Å². The van der Waals surface area contributed by atoms with E-state index in [-0.39, 0.29) is 5.69 Å². The highest BCUT2D eigenvalue weighted by atomic mass is 16.2. The zero-order chi connectivity index (χ0) is 13.1. The number of urea groups is 1. The number of carbonyl (C=O) groups excluding carboxylic acids is 1. The quantitative estimate of drug-likeness (QED) is 0.834. The van der Waals surface area contributed by atoms with Gasteiger partial charge in [0.25, 0.3) is 0 Å². The summed E-state index contributed by atoms with van der Waals surface area (Å²) in [7, 11) is 0. The predicted molar refractivity (Wildman–Crippen MR) is 66.2 cm³/mol. The smallest absolute Gasteiger partial charge is 0.317 e. The van der Waals surface area contributed by atoms with E-state index >= 15 is 0 Å². The summed E-state index contributed by atoms with van der Waals surface area (Å²) >= 11 is 0. The Bertz CT molecular complexity index is 624. The first-order valence-corrected chi connectivity index (χ1v) is 5.25. The molecule has 2 aromatic rings. The number of carbonyl (C=O) groups is 1. The number of nitrogens with two attached hydrogens (primary N) is 1. The summed E-state index contributed by atoms with van der Waals surface area (Å²) in [5.41, 5.74) is 6.69. The SMILES string of the molecule is Cc1c(C#N)nn(-c2ccccc2)c1NC(N)=O. The van der Waals surface area contributed by atoms with Gasteiger partial charge in [-0.1, -0.05) is 18.2 Å². The molecule has 3 N–H and O–H groups in total. The molecule has 0 spiro atoms. The Hall–Kier alpha value is -2.81. The van der Waals surface area contributed by atoms with Gasteiger partial charge in [-0.05, 0) is 19.1 Å². The average molecular weight is 241 g/mol. The Balaban J connectivity index is 2.60. The minimum atomic E-state index is -0.695. The minimum absolute atomic E-state index is 0.252. The zero-order valence-electron chi connectivity index (χ0n) is 9.71. The number of primary amides is 1. The molecular weight excluding hydrogens is 230 g/mol. The third kappa shape index (κ3) is 2.01. The molecule has 1 heterocycles. The number of nitriles is 1. The van der Waals surface area contributed by atoms with Gasteiger partial charge in [0.1, 0.15) is 11.9 Å². The maximum absolute atomic E-state index is 11.0. The lowest BCUT2D eigenvalue weighted by molar-refractivity contribution is 0.259. The summed E-state index contributed by atoms with van der Waals surface area (Å²) in [5, 5.41) is 15.6. The molecule has 90 valence electrons. The van der Waals surface area contributed by atoms with Crippen LogP contribution in [0.4, 0.5) is 10.6 Å². The summed E-state index contributed by atoms with van der Waals surface area (Å²) < 4.78 is 1.48. The van der Waals surface area contributed by atoms with E-state index in [1.807, 2.05) is 36.4 Å². The highest BCUT2D eigenvalue weighted by Crippen LogP contribution is 2.22. The second kappa shape index (κ2) is 4.59. The second-order valence-electron chi connectivity index (χ2n) is 3.67. The third-order valence-corrected chi connectivity index (χ3v) is 2.47. The van der Waals surface area contributed by atoms with Gasteiger partial charge in [-0.2, -0.15) is 10.4 Å². The lowest BCUT2D eigenvalue weighted by atomic mass is 10.2. The van der Waals surface area contributed by atoms with Crippen LogP contribution < -0.4 is 11.1 Å². The lowest BCUT2D eigenvalue weighted by Crippen LogP contribution is -2.21. The monoisotopic (exact) mass is 241 g/mol. The van der Waals surface area contributed by atoms with Crippen molar-refractivity contribution in [3.8, 4) is 11.8 Å². The molecule has 0 fully saturated rings. The van der Waals surface area contributed by atoms with Gasteiger partial charge < -0.3 is 5.73 Å². The Kier molecular flexibility index (Phi) is 2.98. The first-order chi connectivity index (χ1) is 8.63. The van der Waals surface area contributed by atoms with Gasteiger partial charge in [-0.25, -0.2) is 9.48 Å². The molecular formula is C12H11N5O. The number of anilines is 1.